The molecule has 2 saturated heterocycles. The van der Waals surface area contributed by atoms with Gasteiger partial charge in [0, 0.05) is 19.3 Å². The van der Waals surface area contributed by atoms with Crippen LogP contribution in [0.3, 0.4) is 0 Å². The normalized spacial score (nSPS) is 22.3. The topological polar surface area (TPSA) is 119 Å². The molecule has 5 heterocycles. The lowest BCUT2D eigenvalue weighted by Crippen LogP contribution is -2.67. The number of furan rings is 1. The summed E-state index contributed by atoms with van der Waals surface area (Å²) in [5, 5.41) is 3.96. The van der Waals surface area contributed by atoms with E-state index in [1.807, 2.05) is 6.07 Å². The molecule has 10 heteroatoms. The zero-order valence-electron chi connectivity index (χ0n) is 14.7. The van der Waals surface area contributed by atoms with Crippen LogP contribution < -0.4 is 0 Å². The first-order valence-corrected chi connectivity index (χ1v) is 10.5. The maximum atomic E-state index is 12.8. The molecule has 1 unspecified atom stereocenters. The number of hydrogen-bond acceptors (Lipinski definition) is 8. The number of aromatic nitrogens is 3. The van der Waals surface area contributed by atoms with E-state index in [9.17, 15) is 13.2 Å². The molecule has 3 aromatic rings. The molecule has 2 aliphatic heterocycles. The standard InChI is InChI=1S/C18H16N4O5S/c23-17(14-5-3-8-26-14)22-10-18(11-22)12(6-9-28(18,24)25)16-20-15(21-27-16)13-4-1-2-7-19-13/h1-5,7-8,12H,6,9-11H2. The van der Waals surface area contributed by atoms with Crippen LogP contribution in [0.2, 0.25) is 0 Å². The van der Waals surface area contributed by atoms with Gasteiger partial charge in [0.15, 0.2) is 15.6 Å². The zero-order valence-corrected chi connectivity index (χ0v) is 15.5. The van der Waals surface area contributed by atoms with Gasteiger partial charge in [0.1, 0.15) is 10.4 Å². The van der Waals surface area contributed by atoms with Crippen molar-refractivity contribution < 1.29 is 22.2 Å². The van der Waals surface area contributed by atoms with Gasteiger partial charge >= 0.3 is 0 Å². The number of sulfone groups is 1. The van der Waals surface area contributed by atoms with Gasteiger partial charge in [-0.3, -0.25) is 9.78 Å². The minimum absolute atomic E-state index is 0.0295. The van der Waals surface area contributed by atoms with Gasteiger partial charge in [0.25, 0.3) is 5.91 Å². The van der Waals surface area contributed by atoms with Crippen molar-refractivity contribution in [3.63, 3.8) is 0 Å². The fourth-order valence-corrected chi connectivity index (χ4v) is 6.31. The van der Waals surface area contributed by atoms with E-state index in [1.165, 1.54) is 11.2 Å². The molecule has 0 saturated carbocycles. The summed E-state index contributed by atoms with van der Waals surface area (Å²) in [5.74, 6) is 0.0305. The highest BCUT2D eigenvalue weighted by molar-refractivity contribution is 7.93. The Morgan fingerprint density at radius 3 is 2.79 bits per heavy atom. The number of carbonyl (C=O) groups excluding carboxylic acids is 1. The maximum absolute atomic E-state index is 12.8. The number of pyridine rings is 1. The highest BCUT2D eigenvalue weighted by Crippen LogP contribution is 2.49. The quantitative estimate of drug-likeness (QED) is 0.649. The lowest BCUT2D eigenvalue weighted by molar-refractivity contribution is 0.0472. The Labute approximate surface area is 160 Å². The summed E-state index contributed by atoms with van der Waals surface area (Å²) in [5.41, 5.74) is 0.552. The third-order valence-electron chi connectivity index (χ3n) is 5.50. The second-order valence-electron chi connectivity index (χ2n) is 7.03. The highest BCUT2D eigenvalue weighted by Gasteiger charge is 2.64. The second kappa shape index (κ2) is 5.99. The Kier molecular flexibility index (Phi) is 3.66. The molecule has 9 nitrogen and oxygen atoms in total. The third-order valence-corrected chi connectivity index (χ3v) is 8.05. The molecule has 2 aliphatic rings. The zero-order chi connectivity index (χ0) is 19.4. The summed E-state index contributed by atoms with van der Waals surface area (Å²) in [6.45, 7) is 0.168. The maximum Gasteiger partial charge on any atom is 0.289 e. The summed E-state index contributed by atoms with van der Waals surface area (Å²) in [7, 11) is -3.41. The second-order valence-corrected chi connectivity index (χ2v) is 9.49. The number of hydrogen-bond donors (Lipinski definition) is 0. The fraction of sp³-hybridized carbons (Fsp3) is 0.333. The van der Waals surface area contributed by atoms with E-state index in [2.05, 4.69) is 15.1 Å². The number of amides is 1. The summed E-state index contributed by atoms with van der Waals surface area (Å²) >= 11 is 0. The smallest absolute Gasteiger partial charge is 0.289 e. The van der Waals surface area contributed by atoms with Crippen LogP contribution in [-0.2, 0) is 9.84 Å². The van der Waals surface area contributed by atoms with Crippen molar-refractivity contribution in [3.8, 4) is 11.5 Å². The Hall–Kier alpha value is -3.01. The highest BCUT2D eigenvalue weighted by atomic mass is 32.2. The molecule has 1 atom stereocenters. The van der Waals surface area contributed by atoms with Gasteiger partial charge in [0.05, 0.1) is 17.9 Å². The van der Waals surface area contributed by atoms with Crippen LogP contribution in [0.15, 0.2) is 51.7 Å². The van der Waals surface area contributed by atoms with Crippen molar-refractivity contribution in [2.24, 2.45) is 0 Å². The van der Waals surface area contributed by atoms with Gasteiger partial charge < -0.3 is 13.8 Å². The van der Waals surface area contributed by atoms with Crippen molar-refractivity contribution in [3.05, 3.63) is 54.4 Å². The van der Waals surface area contributed by atoms with Crippen LogP contribution in [0, 0.1) is 0 Å². The van der Waals surface area contributed by atoms with Gasteiger partial charge in [-0.15, -0.1) is 0 Å². The molecule has 28 heavy (non-hydrogen) atoms. The Balaban J connectivity index is 1.43. The van der Waals surface area contributed by atoms with Crippen molar-refractivity contribution >= 4 is 15.7 Å². The van der Waals surface area contributed by atoms with Gasteiger partial charge in [0.2, 0.25) is 11.7 Å². The van der Waals surface area contributed by atoms with Crippen LogP contribution in [0.5, 0.6) is 0 Å². The molecular weight excluding hydrogens is 384 g/mol. The lowest BCUT2D eigenvalue weighted by atomic mass is 9.83. The predicted molar refractivity (Wildman–Crippen MR) is 96.0 cm³/mol. The van der Waals surface area contributed by atoms with Crippen molar-refractivity contribution in [1.82, 2.24) is 20.0 Å². The molecule has 0 aromatic carbocycles. The molecule has 3 aromatic heterocycles. The molecule has 5 rings (SSSR count). The largest absolute Gasteiger partial charge is 0.459 e. The molecule has 1 amide bonds. The van der Waals surface area contributed by atoms with E-state index < -0.39 is 20.5 Å². The van der Waals surface area contributed by atoms with Crippen LogP contribution >= 0.6 is 0 Å². The summed E-state index contributed by atoms with van der Waals surface area (Å²) in [6, 6.07) is 8.52. The van der Waals surface area contributed by atoms with E-state index in [0.29, 0.717) is 17.9 Å². The molecule has 0 aliphatic carbocycles. The first-order chi connectivity index (χ1) is 13.5. The molecule has 0 radical (unpaired) electrons. The summed E-state index contributed by atoms with van der Waals surface area (Å²) in [6.07, 6.45) is 3.42. The van der Waals surface area contributed by atoms with E-state index >= 15 is 0 Å². The van der Waals surface area contributed by atoms with Crippen LogP contribution in [0.25, 0.3) is 11.5 Å². The number of rotatable bonds is 3. The van der Waals surface area contributed by atoms with E-state index in [4.69, 9.17) is 8.94 Å². The molecule has 1 spiro atoms. The average molecular weight is 400 g/mol. The van der Waals surface area contributed by atoms with Gasteiger partial charge in [-0.25, -0.2) is 8.42 Å². The molecule has 0 bridgehead atoms. The number of carbonyl (C=O) groups is 1. The van der Waals surface area contributed by atoms with Gasteiger partial charge in [-0.2, -0.15) is 4.98 Å². The Bertz CT molecular complexity index is 1120. The van der Waals surface area contributed by atoms with E-state index in [-0.39, 0.29) is 36.4 Å². The Morgan fingerprint density at radius 1 is 1.21 bits per heavy atom. The van der Waals surface area contributed by atoms with Gasteiger partial charge in [-0.1, -0.05) is 11.2 Å². The molecule has 0 N–H and O–H groups in total. The first-order valence-electron chi connectivity index (χ1n) is 8.80. The van der Waals surface area contributed by atoms with Crippen molar-refractivity contribution in [2.75, 3.05) is 18.8 Å². The first kappa shape index (κ1) is 17.1. The molecular formula is C18H16N4O5S. The Morgan fingerprint density at radius 2 is 2.07 bits per heavy atom. The number of likely N-dealkylation sites (tertiary alicyclic amines) is 1. The average Bonchev–Trinajstić information content (AvgIpc) is 3.39. The van der Waals surface area contributed by atoms with Crippen LogP contribution in [-0.4, -0.2) is 57.9 Å². The SMILES string of the molecule is O=C(c1ccco1)N1CC2(C1)C(c1nc(-c3ccccn3)no1)CCS2(=O)=O. The van der Waals surface area contributed by atoms with Crippen LogP contribution in [0.4, 0.5) is 0 Å². The molecule has 2 fully saturated rings. The van der Waals surface area contributed by atoms with Gasteiger partial charge in [-0.05, 0) is 30.7 Å². The van der Waals surface area contributed by atoms with Crippen molar-refractivity contribution in [1.29, 1.82) is 0 Å². The summed E-state index contributed by atoms with van der Waals surface area (Å²) in [4.78, 5) is 22.5. The predicted octanol–water partition coefficient (Wildman–Crippen LogP) is 1.52. The minimum Gasteiger partial charge on any atom is -0.459 e. The third kappa shape index (κ3) is 2.40. The van der Waals surface area contributed by atoms with E-state index in [1.54, 1.807) is 30.5 Å². The summed E-state index contributed by atoms with van der Waals surface area (Å²) < 4.78 is 35.1. The van der Waals surface area contributed by atoms with Crippen LogP contribution in [0.1, 0.15) is 28.8 Å². The minimum atomic E-state index is -3.41. The lowest BCUT2D eigenvalue weighted by Gasteiger charge is -2.48. The fourth-order valence-electron chi connectivity index (χ4n) is 4.00. The molecule has 144 valence electrons. The monoisotopic (exact) mass is 400 g/mol. The van der Waals surface area contributed by atoms with E-state index in [0.717, 1.165) is 0 Å². The number of nitrogens with zero attached hydrogens (tertiary/aromatic N) is 4. The van der Waals surface area contributed by atoms with Crippen molar-refractivity contribution in [2.45, 2.75) is 17.1 Å².